The normalized spacial score (nSPS) is 25.2. The summed E-state index contributed by atoms with van der Waals surface area (Å²) in [5, 5.41) is 13.1. The summed E-state index contributed by atoms with van der Waals surface area (Å²) in [6.07, 6.45) is -0.408. The Morgan fingerprint density at radius 3 is 2.94 bits per heavy atom. The van der Waals surface area contributed by atoms with Gasteiger partial charge in [-0.2, -0.15) is 0 Å². The fourth-order valence-electron chi connectivity index (χ4n) is 2.19. The number of β-amino-alcohol motifs (C(OH)–C–C–N with tert-alkyl or cyclic N) is 1. The van der Waals surface area contributed by atoms with E-state index in [1.54, 1.807) is 11.3 Å². The second-order valence-electron chi connectivity index (χ2n) is 5.08. The third kappa shape index (κ3) is 3.29. The average molecular weight is 270 g/mol. The number of hydrogen-bond acceptors (Lipinski definition) is 5. The highest BCUT2D eigenvalue weighted by molar-refractivity contribution is 7.09. The first-order chi connectivity index (χ1) is 8.60. The molecule has 1 aromatic heterocycles. The second-order valence-corrected chi connectivity index (χ2v) is 6.02. The zero-order valence-corrected chi connectivity index (χ0v) is 12.1. The summed E-state index contributed by atoms with van der Waals surface area (Å²) in [7, 11) is 0. The maximum absolute atomic E-state index is 9.88. The molecule has 0 aromatic carbocycles. The molecule has 0 aliphatic carbocycles. The predicted molar refractivity (Wildman–Crippen MR) is 72.9 cm³/mol. The Kier molecular flexibility index (Phi) is 4.72. The minimum absolute atomic E-state index is 0.0421. The van der Waals surface area contributed by atoms with Gasteiger partial charge in [-0.05, 0) is 12.8 Å². The first-order valence-corrected chi connectivity index (χ1v) is 7.44. The molecule has 0 amide bonds. The van der Waals surface area contributed by atoms with E-state index in [0.717, 1.165) is 23.8 Å². The fraction of sp³-hybridized carbons (Fsp3) is 0.769. The Morgan fingerprint density at radius 1 is 1.56 bits per heavy atom. The largest absolute Gasteiger partial charge is 0.389 e. The fourth-order valence-corrected chi connectivity index (χ4v) is 3.19. The third-order valence-electron chi connectivity index (χ3n) is 3.21. The van der Waals surface area contributed by atoms with Crippen molar-refractivity contribution >= 4 is 11.3 Å². The van der Waals surface area contributed by atoms with E-state index in [9.17, 15) is 5.11 Å². The van der Waals surface area contributed by atoms with Gasteiger partial charge in [-0.15, -0.1) is 11.3 Å². The van der Waals surface area contributed by atoms with Crippen molar-refractivity contribution in [1.29, 1.82) is 0 Å². The van der Waals surface area contributed by atoms with Crippen molar-refractivity contribution in [2.45, 2.75) is 45.4 Å². The Morgan fingerprint density at radius 2 is 2.33 bits per heavy atom. The van der Waals surface area contributed by atoms with Gasteiger partial charge in [0.25, 0.3) is 0 Å². The molecule has 2 rings (SSSR count). The van der Waals surface area contributed by atoms with E-state index < -0.39 is 0 Å². The van der Waals surface area contributed by atoms with E-state index >= 15 is 0 Å². The van der Waals surface area contributed by atoms with Gasteiger partial charge in [0.15, 0.2) is 0 Å². The van der Waals surface area contributed by atoms with Crippen LogP contribution in [-0.4, -0.2) is 46.9 Å². The molecule has 1 aromatic rings. The molecule has 0 saturated carbocycles. The molecule has 1 aliphatic rings. The van der Waals surface area contributed by atoms with E-state index in [-0.39, 0.29) is 12.2 Å². The van der Waals surface area contributed by atoms with Crippen molar-refractivity contribution in [3.05, 3.63) is 16.1 Å². The zero-order chi connectivity index (χ0) is 13.1. The van der Waals surface area contributed by atoms with Gasteiger partial charge < -0.3 is 9.84 Å². The van der Waals surface area contributed by atoms with Crippen molar-refractivity contribution in [1.82, 2.24) is 9.88 Å². The van der Waals surface area contributed by atoms with Crippen LogP contribution in [0.25, 0.3) is 0 Å². The lowest BCUT2D eigenvalue weighted by atomic mass is 10.2. The number of thiazole rings is 1. The maximum atomic E-state index is 9.88. The highest BCUT2D eigenvalue weighted by Crippen LogP contribution is 2.21. The molecule has 1 fully saturated rings. The topological polar surface area (TPSA) is 45.6 Å². The molecule has 0 unspecified atom stereocenters. The molecular formula is C13H22N2O2S. The van der Waals surface area contributed by atoms with E-state index in [1.165, 1.54) is 0 Å². The van der Waals surface area contributed by atoms with Gasteiger partial charge >= 0.3 is 0 Å². The molecule has 0 bridgehead atoms. The summed E-state index contributed by atoms with van der Waals surface area (Å²) in [5.41, 5.74) is 1.16. The Hall–Kier alpha value is -0.490. The lowest BCUT2D eigenvalue weighted by Gasteiger charge is -2.13. The monoisotopic (exact) mass is 270 g/mol. The lowest BCUT2D eigenvalue weighted by Crippen LogP contribution is -2.26. The zero-order valence-electron chi connectivity index (χ0n) is 11.3. The van der Waals surface area contributed by atoms with E-state index in [2.05, 4.69) is 29.1 Å². The van der Waals surface area contributed by atoms with Gasteiger partial charge in [0.05, 0.1) is 24.4 Å². The molecule has 102 valence electrons. The van der Waals surface area contributed by atoms with E-state index in [4.69, 9.17) is 4.74 Å². The summed E-state index contributed by atoms with van der Waals surface area (Å²) in [6, 6.07) is 0. The lowest BCUT2D eigenvalue weighted by molar-refractivity contribution is -0.00245. The Balaban J connectivity index is 1.90. The first kappa shape index (κ1) is 13.9. The van der Waals surface area contributed by atoms with Crippen LogP contribution in [0.2, 0.25) is 0 Å². The summed E-state index contributed by atoms with van der Waals surface area (Å²) >= 11 is 1.71. The minimum Gasteiger partial charge on any atom is -0.389 e. The van der Waals surface area contributed by atoms with Gasteiger partial charge in [0.2, 0.25) is 0 Å². The van der Waals surface area contributed by atoms with Crippen molar-refractivity contribution in [2.75, 3.05) is 19.7 Å². The first-order valence-electron chi connectivity index (χ1n) is 6.56. The quantitative estimate of drug-likeness (QED) is 0.887. The van der Waals surface area contributed by atoms with Crippen LogP contribution in [0.15, 0.2) is 5.38 Å². The highest BCUT2D eigenvalue weighted by atomic mass is 32.1. The number of aromatic nitrogens is 1. The van der Waals surface area contributed by atoms with Crippen LogP contribution in [0.4, 0.5) is 0 Å². The minimum atomic E-state index is -0.366. The molecular weight excluding hydrogens is 248 g/mol. The number of likely N-dealkylation sites (tertiary alicyclic amines) is 1. The SMILES string of the molecule is CCO[C@@H]1CN(Cc2nc(C(C)C)cs2)C[C@H]1O. The van der Waals surface area contributed by atoms with Gasteiger partial charge in [0, 0.05) is 25.1 Å². The number of ether oxygens (including phenoxy) is 1. The molecule has 0 radical (unpaired) electrons. The molecule has 1 saturated heterocycles. The highest BCUT2D eigenvalue weighted by Gasteiger charge is 2.31. The number of aliphatic hydroxyl groups excluding tert-OH is 1. The number of rotatable bonds is 5. The Bertz CT molecular complexity index is 381. The van der Waals surface area contributed by atoms with Gasteiger partial charge in [-0.25, -0.2) is 4.98 Å². The summed E-state index contributed by atoms with van der Waals surface area (Å²) < 4.78 is 5.52. The van der Waals surface area contributed by atoms with Crippen molar-refractivity contribution in [3.8, 4) is 0 Å². The molecule has 1 N–H and O–H groups in total. The van der Waals surface area contributed by atoms with E-state index in [0.29, 0.717) is 19.1 Å². The van der Waals surface area contributed by atoms with Gasteiger partial charge in [-0.3, -0.25) is 4.90 Å². The van der Waals surface area contributed by atoms with Crippen LogP contribution in [-0.2, 0) is 11.3 Å². The molecule has 4 nitrogen and oxygen atoms in total. The third-order valence-corrected chi connectivity index (χ3v) is 4.07. The van der Waals surface area contributed by atoms with Crippen LogP contribution >= 0.6 is 11.3 Å². The van der Waals surface area contributed by atoms with Crippen LogP contribution in [0, 0.1) is 0 Å². The summed E-state index contributed by atoms with van der Waals surface area (Å²) in [6.45, 7) is 9.23. The average Bonchev–Trinajstić information content (AvgIpc) is 2.88. The molecule has 2 atom stereocenters. The van der Waals surface area contributed by atoms with Crippen LogP contribution in [0.1, 0.15) is 37.4 Å². The number of hydrogen-bond donors (Lipinski definition) is 1. The number of aliphatic hydroxyl groups is 1. The Labute approximate surface area is 113 Å². The smallest absolute Gasteiger partial charge is 0.107 e. The standard InChI is InChI=1S/C13H22N2O2S/c1-4-17-12-6-15(5-11(12)16)7-13-14-10(8-18-13)9(2)3/h8-9,11-12,16H,4-7H2,1-3H3/t11-,12-/m1/s1. The van der Waals surface area contributed by atoms with Crippen LogP contribution in [0.5, 0.6) is 0 Å². The van der Waals surface area contributed by atoms with Gasteiger partial charge in [-0.1, -0.05) is 13.8 Å². The van der Waals surface area contributed by atoms with Gasteiger partial charge in [0.1, 0.15) is 5.01 Å². The molecule has 0 spiro atoms. The molecule has 1 aliphatic heterocycles. The maximum Gasteiger partial charge on any atom is 0.107 e. The van der Waals surface area contributed by atoms with Crippen LogP contribution in [0.3, 0.4) is 0 Å². The molecule has 18 heavy (non-hydrogen) atoms. The van der Waals surface area contributed by atoms with E-state index in [1.807, 2.05) is 6.92 Å². The molecule has 5 heteroatoms. The summed E-state index contributed by atoms with van der Waals surface area (Å²) in [5.74, 6) is 0.482. The van der Waals surface area contributed by atoms with Crippen molar-refractivity contribution in [2.24, 2.45) is 0 Å². The molecule has 2 heterocycles. The summed E-state index contributed by atoms with van der Waals surface area (Å²) in [4.78, 5) is 6.84. The number of nitrogens with zero attached hydrogens (tertiary/aromatic N) is 2. The van der Waals surface area contributed by atoms with Crippen LogP contribution < -0.4 is 0 Å². The van der Waals surface area contributed by atoms with Crippen molar-refractivity contribution in [3.63, 3.8) is 0 Å². The predicted octanol–water partition coefficient (Wildman–Crippen LogP) is 1.85. The second kappa shape index (κ2) is 6.10. The van der Waals surface area contributed by atoms with Crippen molar-refractivity contribution < 1.29 is 9.84 Å².